The Kier molecular flexibility index (Phi) is 7.57. The van der Waals surface area contributed by atoms with Crippen LogP contribution in [0.1, 0.15) is 49.8 Å². The molecule has 7 nitrogen and oxygen atoms in total. The van der Waals surface area contributed by atoms with Crippen molar-refractivity contribution in [3.8, 4) is 5.75 Å². The van der Waals surface area contributed by atoms with E-state index in [-0.39, 0.29) is 30.3 Å². The van der Waals surface area contributed by atoms with Crippen LogP contribution in [0.3, 0.4) is 0 Å². The average molecular weight is 468 g/mol. The van der Waals surface area contributed by atoms with Crippen LogP contribution < -0.4 is 4.74 Å². The zero-order chi connectivity index (χ0) is 24.1. The van der Waals surface area contributed by atoms with E-state index < -0.39 is 6.04 Å². The van der Waals surface area contributed by atoms with Crippen molar-refractivity contribution in [1.82, 2.24) is 9.91 Å². The number of amides is 1. The number of piperidine rings is 1. The van der Waals surface area contributed by atoms with Crippen LogP contribution in [0.5, 0.6) is 5.75 Å². The second-order valence-electron chi connectivity index (χ2n) is 8.52. The number of carbonyl (C=O) groups excluding carboxylic acids is 2. The molecule has 1 amide bonds. The fraction of sp³-hybridized carbons (Fsp3) is 0.423. The highest BCUT2D eigenvalue weighted by molar-refractivity contribution is 6.03. The maximum atomic E-state index is 13.5. The van der Waals surface area contributed by atoms with Gasteiger partial charge in [-0.25, -0.2) is 9.40 Å². The maximum Gasteiger partial charge on any atom is 0.323 e. The largest absolute Gasteiger partial charge is 0.497 e. The summed E-state index contributed by atoms with van der Waals surface area (Å²) in [6.07, 6.45) is 3.04. The Bertz CT molecular complexity index is 1040. The Morgan fingerprint density at radius 3 is 2.50 bits per heavy atom. The van der Waals surface area contributed by atoms with Gasteiger partial charge in [0.25, 0.3) is 5.91 Å². The van der Waals surface area contributed by atoms with Crippen LogP contribution in [-0.2, 0) is 14.3 Å². The van der Waals surface area contributed by atoms with Gasteiger partial charge < -0.3 is 9.47 Å². The Labute approximate surface area is 199 Å². The van der Waals surface area contributed by atoms with Crippen molar-refractivity contribution in [3.63, 3.8) is 0 Å². The summed E-state index contributed by atoms with van der Waals surface area (Å²) in [4.78, 5) is 27.9. The van der Waals surface area contributed by atoms with Gasteiger partial charge in [-0.2, -0.15) is 5.10 Å². The Morgan fingerprint density at radius 1 is 1.09 bits per heavy atom. The van der Waals surface area contributed by atoms with Gasteiger partial charge in [0.05, 0.1) is 32.0 Å². The molecule has 34 heavy (non-hydrogen) atoms. The molecule has 2 atom stereocenters. The number of hydrazone groups is 1. The topological polar surface area (TPSA) is 71.4 Å². The van der Waals surface area contributed by atoms with Gasteiger partial charge in [0.1, 0.15) is 17.6 Å². The summed E-state index contributed by atoms with van der Waals surface area (Å²) in [6, 6.07) is 13.0. The first kappa shape index (κ1) is 23.9. The summed E-state index contributed by atoms with van der Waals surface area (Å²) >= 11 is 0. The molecule has 0 N–H and O–H groups in total. The molecule has 2 aromatic rings. The van der Waals surface area contributed by atoms with Crippen molar-refractivity contribution in [3.05, 3.63) is 65.5 Å². The number of carbonyl (C=O) groups is 2. The van der Waals surface area contributed by atoms with Crippen molar-refractivity contribution in [2.24, 2.45) is 5.10 Å². The number of likely N-dealkylation sites (tertiary alicyclic amines) is 1. The minimum absolute atomic E-state index is 0.0797. The average Bonchev–Trinajstić information content (AvgIpc) is 3.31. The summed E-state index contributed by atoms with van der Waals surface area (Å²) in [5, 5.41) is 6.18. The molecular weight excluding hydrogens is 437 g/mol. The molecule has 4 rings (SSSR count). The number of methoxy groups -OCH3 is 1. The fourth-order valence-electron chi connectivity index (χ4n) is 4.57. The highest BCUT2D eigenvalue weighted by Gasteiger charge is 2.37. The second kappa shape index (κ2) is 10.8. The number of hydrogen-bond donors (Lipinski definition) is 0. The van der Waals surface area contributed by atoms with E-state index in [2.05, 4.69) is 5.10 Å². The normalized spacial score (nSPS) is 20.7. The van der Waals surface area contributed by atoms with Crippen LogP contribution in [0.15, 0.2) is 53.6 Å². The number of halogens is 1. The maximum absolute atomic E-state index is 13.5. The predicted octanol–water partition coefficient (Wildman–Crippen LogP) is 3.93. The van der Waals surface area contributed by atoms with Crippen LogP contribution in [0, 0.1) is 5.82 Å². The van der Waals surface area contributed by atoms with Gasteiger partial charge in [-0.05, 0) is 61.7 Å². The molecule has 2 aliphatic rings. The zero-order valence-corrected chi connectivity index (χ0v) is 19.6. The van der Waals surface area contributed by atoms with Gasteiger partial charge in [-0.1, -0.05) is 30.7 Å². The molecule has 0 aromatic heterocycles. The minimum atomic E-state index is -0.416. The van der Waals surface area contributed by atoms with Crippen molar-refractivity contribution < 1.29 is 23.5 Å². The molecular formula is C26H30FN3O4. The molecule has 2 aliphatic heterocycles. The third-order valence-corrected chi connectivity index (χ3v) is 6.35. The smallest absolute Gasteiger partial charge is 0.323 e. The summed E-state index contributed by atoms with van der Waals surface area (Å²) in [5.41, 5.74) is 2.42. The van der Waals surface area contributed by atoms with Crippen LogP contribution in [0.25, 0.3) is 0 Å². The number of esters is 1. The quantitative estimate of drug-likeness (QED) is 0.577. The summed E-state index contributed by atoms with van der Waals surface area (Å²) in [5.74, 6) is -0.0604. The molecule has 2 heterocycles. The van der Waals surface area contributed by atoms with E-state index in [0.717, 1.165) is 35.4 Å². The summed E-state index contributed by atoms with van der Waals surface area (Å²) in [7, 11) is 1.61. The van der Waals surface area contributed by atoms with Gasteiger partial charge in [0, 0.05) is 6.42 Å². The second-order valence-corrected chi connectivity index (χ2v) is 8.52. The lowest BCUT2D eigenvalue weighted by molar-refractivity contribution is -0.152. The van der Waals surface area contributed by atoms with Crippen LogP contribution >= 0.6 is 0 Å². The van der Waals surface area contributed by atoms with E-state index in [1.54, 1.807) is 26.2 Å². The van der Waals surface area contributed by atoms with E-state index >= 15 is 0 Å². The summed E-state index contributed by atoms with van der Waals surface area (Å²) in [6.45, 7) is 2.83. The molecule has 180 valence electrons. The van der Waals surface area contributed by atoms with Crippen LogP contribution in [-0.4, -0.2) is 60.3 Å². The Balaban J connectivity index is 1.59. The van der Waals surface area contributed by atoms with Crippen molar-refractivity contribution in [2.75, 3.05) is 26.8 Å². The molecule has 2 aromatic carbocycles. The molecule has 8 heteroatoms. The summed E-state index contributed by atoms with van der Waals surface area (Å²) < 4.78 is 24.0. The molecule has 0 aliphatic carbocycles. The first-order chi connectivity index (χ1) is 16.5. The van der Waals surface area contributed by atoms with Gasteiger partial charge in [0.2, 0.25) is 0 Å². The molecule has 0 unspecified atom stereocenters. The first-order valence-electron chi connectivity index (χ1n) is 11.7. The number of hydrogen-bond acceptors (Lipinski definition) is 6. The fourth-order valence-corrected chi connectivity index (χ4v) is 4.57. The van der Waals surface area contributed by atoms with E-state index in [1.807, 2.05) is 29.2 Å². The molecule has 1 fully saturated rings. The Morgan fingerprint density at radius 2 is 1.82 bits per heavy atom. The zero-order valence-electron chi connectivity index (χ0n) is 19.6. The number of ether oxygens (including phenoxy) is 2. The highest BCUT2D eigenvalue weighted by atomic mass is 19.1. The van der Waals surface area contributed by atoms with Gasteiger partial charge >= 0.3 is 5.97 Å². The lowest BCUT2D eigenvalue weighted by Gasteiger charge is -2.34. The monoisotopic (exact) mass is 467 g/mol. The number of nitrogens with zero attached hydrogens (tertiary/aromatic N) is 3. The lowest BCUT2D eigenvalue weighted by atomic mass is 9.98. The van der Waals surface area contributed by atoms with Crippen LogP contribution in [0.2, 0.25) is 0 Å². The molecule has 0 spiro atoms. The first-order valence-corrected chi connectivity index (χ1v) is 11.7. The van der Waals surface area contributed by atoms with Gasteiger partial charge in [0.15, 0.2) is 0 Å². The van der Waals surface area contributed by atoms with E-state index in [9.17, 15) is 14.0 Å². The van der Waals surface area contributed by atoms with Gasteiger partial charge in [-0.15, -0.1) is 0 Å². The SMILES string of the molecule is CCOC(=O)[C@H]1CCCCN1CC(=O)N1N=C(c2ccc(F)cc2)C[C@@H]1c1ccc(OC)cc1. The number of rotatable bonds is 7. The number of benzene rings is 2. The van der Waals surface area contributed by atoms with E-state index in [0.29, 0.717) is 26.0 Å². The predicted molar refractivity (Wildman–Crippen MR) is 126 cm³/mol. The van der Waals surface area contributed by atoms with Crippen molar-refractivity contribution in [2.45, 2.75) is 44.7 Å². The lowest BCUT2D eigenvalue weighted by Crippen LogP contribution is -2.49. The third-order valence-electron chi connectivity index (χ3n) is 6.35. The van der Waals surface area contributed by atoms with E-state index in [1.165, 1.54) is 17.1 Å². The van der Waals surface area contributed by atoms with Gasteiger partial charge in [-0.3, -0.25) is 14.5 Å². The minimum Gasteiger partial charge on any atom is -0.497 e. The molecule has 0 bridgehead atoms. The third kappa shape index (κ3) is 5.28. The molecule has 1 saturated heterocycles. The molecule has 0 radical (unpaired) electrons. The van der Waals surface area contributed by atoms with Crippen LogP contribution in [0.4, 0.5) is 4.39 Å². The molecule has 0 saturated carbocycles. The van der Waals surface area contributed by atoms with E-state index in [4.69, 9.17) is 9.47 Å². The van der Waals surface area contributed by atoms with Crippen molar-refractivity contribution >= 4 is 17.6 Å². The standard InChI is InChI=1S/C26H30FN3O4/c1-3-34-26(32)23-6-4-5-15-29(23)17-25(31)30-24(19-9-13-21(33-2)14-10-19)16-22(28-30)18-7-11-20(27)12-8-18/h7-14,23-24H,3-6,15-17H2,1-2H3/t23-,24-/m1/s1. The van der Waals surface area contributed by atoms with Crippen molar-refractivity contribution in [1.29, 1.82) is 0 Å². The highest BCUT2D eigenvalue weighted by Crippen LogP contribution is 2.34. The Hall–Kier alpha value is -3.26.